The first-order valence-electron chi connectivity index (χ1n) is 7.38. The van der Waals surface area contributed by atoms with Crippen molar-refractivity contribution in [2.75, 3.05) is 11.9 Å². The fraction of sp³-hybridized carbons (Fsp3) is 0.375. The van der Waals surface area contributed by atoms with E-state index in [1.54, 1.807) is 39.8 Å². The minimum absolute atomic E-state index is 0.00492. The van der Waals surface area contributed by atoms with Crippen molar-refractivity contribution < 1.29 is 23.5 Å². The second-order valence-electron chi connectivity index (χ2n) is 5.81. The Morgan fingerprint density at radius 3 is 2.71 bits per heavy atom. The predicted octanol–water partition coefficient (Wildman–Crippen LogP) is 3.26. The average molecular weight is 333 g/mol. The molecular weight excluding hydrogens is 314 g/mol. The van der Waals surface area contributed by atoms with Crippen molar-refractivity contribution in [3.63, 3.8) is 0 Å². The van der Waals surface area contributed by atoms with Gasteiger partial charge in [0.1, 0.15) is 11.4 Å². The van der Waals surface area contributed by atoms with Crippen LogP contribution in [0.3, 0.4) is 0 Å². The average Bonchev–Trinajstić information content (AvgIpc) is 2.95. The van der Waals surface area contributed by atoms with E-state index in [1.807, 2.05) is 0 Å². The summed E-state index contributed by atoms with van der Waals surface area (Å²) in [5.41, 5.74) is -0.0645. The first kappa shape index (κ1) is 17.5. The topological polar surface area (TPSA) is 104 Å². The van der Waals surface area contributed by atoms with Crippen molar-refractivity contribution in [3.8, 4) is 11.5 Å². The summed E-state index contributed by atoms with van der Waals surface area (Å²) in [5.74, 6) is -0.0898. The van der Waals surface area contributed by atoms with Gasteiger partial charge in [0, 0.05) is 11.8 Å². The Bertz CT molecular complexity index is 733. The molecule has 0 aliphatic rings. The van der Waals surface area contributed by atoms with E-state index in [-0.39, 0.29) is 24.1 Å². The Labute approximate surface area is 139 Å². The number of amides is 1. The fourth-order valence-corrected chi connectivity index (χ4v) is 1.74. The summed E-state index contributed by atoms with van der Waals surface area (Å²) < 4.78 is 15.4. The van der Waals surface area contributed by atoms with Crippen LogP contribution in [-0.2, 0) is 9.47 Å². The van der Waals surface area contributed by atoms with Crippen LogP contribution in [0, 0.1) is 0 Å². The van der Waals surface area contributed by atoms with E-state index in [1.165, 1.54) is 12.4 Å². The summed E-state index contributed by atoms with van der Waals surface area (Å²) >= 11 is 0. The normalized spacial score (nSPS) is 11.0. The maximum absolute atomic E-state index is 11.8. The van der Waals surface area contributed by atoms with E-state index in [4.69, 9.17) is 13.9 Å². The van der Waals surface area contributed by atoms with Crippen molar-refractivity contribution in [2.24, 2.45) is 0 Å². The number of nitrogens with one attached hydrogen (secondary N) is 1. The van der Waals surface area contributed by atoms with Gasteiger partial charge in [0.25, 0.3) is 0 Å². The number of aromatic nitrogens is 2. The molecule has 2 aromatic heterocycles. The number of ether oxygens (including phenoxy) is 2. The minimum atomic E-state index is -0.619. The molecule has 2 aromatic rings. The highest BCUT2D eigenvalue weighted by Gasteiger charge is 2.18. The van der Waals surface area contributed by atoms with Gasteiger partial charge in [-0.2, -0.15) is 0 Å². The van der Waals surface area contributed by atoms with E-state index in [0.29, 0.717) is 5.56 Å². The predicted molar refractivity (Wildman–Crippen MR) is 85.5 cm³/mol. The number of esters is 1. The maximum atomic E-state index is 11.8. The van der Waals surface area contributed by atoms with Gasteiger partial charge in [0.05, 0.1) is 12.8 Å². The largest absolute Gasteiger partial charge is 0.460 e. The molecule has 24 heavy (non-hydrogen) atoms. The van der Waals surface area contributed by atoms with Crippen LogP contribution in [0.2, 0.25) is 0 Å². The zero-order valence-electron chi connectivity index (χ0n) is 14.0. The monoisotopic (exact) mass is 333 g/mol. The number of nitrogens with zero attached hydrogens (tertiary/aromatic N) is 2. The van der Waals surface area contributed by atoms with Crippen LogP contribution in [0.25, 0.3) is 11.5 Å². The lowest BCUT2D eigenvalue weighted by atomic mass is 10.2. The SMILES string of the molecule is CCOC(=O)c1cnc(-c2ccnc(NC(=O)OC(C)(C)C)c2)o1. The number of carbonyl (C=O) groups excluding carboxylic acids is 2. The van der Waals surface area contributed by atoms with Gasteiger partial charge in [0.15, 0.2) is 0 Å². The van der Waals surface area contributed by atoms with Gasteiger partial charge in [-0.25, -0.2) is 19.6 Å². The first-order valence-corrected chi connectivity index (χ1v) is 7.38. The second kappa shape index (κ2) is 7.12. The highest BCUT2D eigenvalue weighted by molar-refractivity contribution is 5.86. The first-order chi connectivity index (χ1) is 11.3. The molecule has 0 saturated heterocycles. The van der Waals surface area contributed by atoms with Crippen molar-refractivity contribution in [1.29, 1.82) is 0 Å². The third kappa shape index (κ3) is 4.80. The van der Waals surface area contributed by atoms with Gasteiger partial charge >= 0.3 is 12.1 Å². The lowest BCUT2D eigenvalue weighted by molar-refractivity contribution is 0.0490. The molecule has 0 atom stereocenters. The third-order valence-corrected chi connectivity index (χ3v) is 2.62. The van der Waals surface area contributed by atoms with E-state index in [9.17, 15) is 9.59 Å². The Morgan fingerprint density at radius 2 is 2.04 bits per heavy atom. The maximum Gasteiger partial charge on any atom is 0.413 e. The Balaban J connectivity index is 2.13. The standard InChI is InChI=1S/C16H19N3O5/c1-5-22-14(20)11-9-18-13(23-11)10-6-7-17-12(8-10)19-15(21)24-16(2,3)4/h6-9H,5H2,1-4H3,(H,17,19,21). The molecule has 2 heterocycles. The Hall–Kier alpha value is -2.90. The van der Waals surface area contributed by atoms with Crippen LogP contribution in [0.1, 0.15) is 38.2 Å². The molecule has 0 radical (unpaired) electrons. The molecule has 1 amide bonds. The fourth-order valence-electron chi connectivity index (χ4n) is 1.74. The van der Waals surface area contributed by atoms with Crippen LogP contribution >= 0.6 is 0 Å². The molecule has 0 bridgehead atoms. The molecule has 0 aliphatic carbocycles. The molecule has 0 spiro atoms. The van der Waals surface area contributed by atoms with Gasteiger partial charge in [-0.3, -0.25) is 5.32 Å². The van der Waals surface area contributed by atoms with E-state index >= 15 is 0 Å². The molecule has 0 aromatic carbocycles. The van der Waals surface area contributed by atoms with E-state index in [2.05, 4.69) is 15.3 Å². The zero-order chi connectivity index (χ0) is 17.7. The molecular formula is C16H19N3O5. The molecule has 8 nitrogen and oxygen atoms in total. The van der Waals surface area contributed by atoms with Crippen molar-refractivity contribution in [3.05, 3.63) is 30.3 Å². The van der Waals surface area contributed by atoms with E-state index < -0.39 is 17.7 Å². The van der Waals surface area contributed by atoms with Crippen LogP contribution in [0.5, 0.6) is 0 Å². The molecule has 0 fully saturated rings. The Kier molecular flexibility index (Phi) is 5.18. The Morgan fingerprint density at radius 1 is 1.29 bits per heavy atom. The number of anilines is 1. The number of hydrogen-bond acceptors (Lipinski definition) is 7. The highest BCUT2D eigenvalue weighted by Crippen LogP contribution is 2.22. The third-order valence-electron chi connectivity index (χ3n) is 2.62. The number of rotatable bonds is 4. The second-order valence-corrected chi connectivity index (χ2v) is 5.81. The number of hydrogen-bond donors (Lipinski definition) is 1. The van der Waals surface area contributed by atoms with Gasteiger partial charge in [-0.1, -0.05) is 0 Å². The lowest BCUT2D eigenvalue weighted by Crippen LogP contribution is -2.27. The van der Waals surface area contributed by atoms with Gasteiger partial charge in [-0.15, -0.1) is 0 Å². The van der Waals surface area contributed by atoms with Crippen LogP contribution in [0.15, 0.2) is 28.9 Å². The summed E-state index contributed by atoms with van der Waals surface area (Å²) in [7, 11) is 0. The van der Waals surface area contributed by atoms with Gasteiger partial charge in [0.2, 0.25) is 11.7 Å². The highest BCUT2D eigenvalue weighted by atomic mass is 16.6. The summed E-state index contributed by atoms with van der Waals surface area (Å²) in [6, 6.07) is 3.20. The van der Waals surface area contributed by atoms with Crippen molar-refractivity contribution in [2.45, 2.75) is 33.3 Å². The van der Waals surface area contributed by atoms with Crippen molar-refractivity contribution in [1.82, 2.24) is 9.97 Å². The molecule has 0 unspecified atom stereocenters. The van der Waals surface area contributed by atoms with Gasteiger partial charge < -0.3 is 13.9 Å². The van der Waals surface area contributed by atoms with E-state index in [0.717, 1.165) is 0 Å². The lowest BCUT2D eigenvalue weighted by Gasteiger charge is -2.19. The molecule has 1 N–H and O–H groups in total. The summed E-state index contributed by atoms with van der Waals surface area (Å²) in [4.78, 5) is 31.4. The van der Waals surface area contributed by atoms with Crippen LogP contribution in [-0.4, -0.2) is 34.2 Å². The molecule has 0 saturated carbocycles. The van der Waals surface area contributed by atoms with Gasteiger partial charge in [-0.05, 0) is 39.8 Å². The summed E-state index contributed by atoms with van der Waals surface area (Å²) in [6.07, 6.45) is 2.15. The quantitative estimate of drug-likeness (QED) is 0.856. The summed E-state index contributed by atoms with van der Waals surface area (Å²) in [6.45, 7) is 7.24. The number of carbonyl (C=O) groups is 2. The van der Waals surface area contributed by atoms with Crippen LogP contribution < -0.4 is 5.32 Å². The number of oxazole rings is 1. The molecule has 128 valence electrons. The van der Waals surface area contributed by atoms with Crippen LogP contribution in [0.4, 0.5) is 10.6 Å². The molecule has 8 heteroatoms. The minimum Gasteiger partial charge on any atom is -0.460 e. The smallest absolute Gasteiger partial charge is 0.413 e. The summed E-state index contributed by atoms with van der Waals surface area (Å²) in [5, 5.41) is 2.53. The zero-order valence-corrected chi connectivity index (χ0v) is 14.0. The number of pyridine rings is 1. The van der Waals surface area contributed by atoms with Crippen molar-refractivity contribution >= 4 is 17.9 Å². The molecule has 2 rings (SSSR count). The molecule has 0 aliphatic heterocycles.